The summed E-state index contributed by atoms with van der Waals surface area (Å²) in [5.74, 6) is -35.0. The fourth-order valence-corrected chi connectivity index (χ4v) is 3.84. The topological polar surface area (TPSA) is 46.2 Å². The standard InChI is InChI=1S/C16H20F17N2O2S/c1-4-35(3,5-2)8-6-7-34-38(36,37)16(32,33)13(24,25)12(22,23)11(20,21)10(18,19)9(17,14(26,27)28)15(29,30)31/h34H,4-8H2,1-3H3/q+1. The van der Waals surface area contributed by atoms with Crippen molar-refractivity contribution in [1.29, 1.82) is 0 Å². The van der Waals surface area contributed by atoms with Crippen molar-refractivity contribution in [2.75, 3.05) is 33.2 Å². The van der Waals surface area contributed by atoms with Gasteiger partial charge in [0.15, 0.2) is 0 Å². The van der Waals surface area contributed by atoms with Gasteiger partial charge >= 0.3 is 47.0 Å². The first kappa shape index (κ1) is 36.7. The number of nitrogens with zero attached hydrogens (tertiary/aromatic N) is 1. The molecule has 4 nitrogen and oxygen atoms in total. The number of halogens is 17. The van der Waals surface area contributed by atoms with E-state index in [1.165, 1.54) is 7.05 Å². The van der Waals surface area contributed by atoms with Crippen LogP contribution in [0, 0.1) is 0 Å². The van der Waals surface area contributed by atoms with Gasteiger partial charge in [0, 0.05) is 13.0 Å². The van der Waals surface area contributed by atoms with E-state index in [-0.39, 0.29) is 11.0 Å². The Morgan fingerprint density at radius 3 is 1.26 bits per heavy atom. The minimum atomic E-state index is -8.95. The van der Waals surface area contributed by atoms with Gasteiger partial charge in [0.05, 0.1) is 26.7 Å². The van der Waals surface area contributed by atoms with Crippen molar-refractivity contribution < 1.29 is 87.5 Å². The quantitative estimate of drug-likeness (QED) is 0.161. The van der Waals surface area contributed by atoms with Crippen molar-refractivity contribution in [3.8, 4) is 0 Å². The Morgan fingerprint density at radius 2 is 0.947 bits per heavy atom. The summed E-state index contributed by atoms with van der Waals surface area (Å²) < 4.78 is 250. The van der Waals surface area contributed by atoms with Crippen LogP contribution in [0.1, 0.15) is 20.3 Å². The molecule has 38 heavy (non-hydrogen) atoms. The SMILES string of the molecule is CC[N+](C)(CC)CCCNS(=O)(=O)C(F)(F)C(F)(F)C(F)(F)C(F)(F)C(F)(F)C(F)(C(F)(F)F)C(F)(F)F. The van der Waals surface area contributed by atoms with Gasteiger partial charge in [0.2, 0.25) is 0 Å². The van der Waals surface area contributed by atoms with Crippen molar-refractivity contribution in [2.24, 2.45) is 0 Å². The van der Waals surface area contributed by atoms with E-state index in [2.05, 4.69) is 0 Å². The lowest BCUT2D eigenvalue weighted by atomic mass is 9.86. The van der Waals surface area contributed by atoms with Crippen molar-refractivity contribution in [3.63, 3.8) is 0 Å². The number of hydrogen-bond acceptors (Lipinski definition) is 2. The smallest absolute Gasteiger partial charge is 0.326 e. The predicted molar refractivity (Wildman–Crippen MR) is 94.4 cm³/mol. The first-order chi connectivity index (χ1) is 16.3. The third kappa shape index (κ3) is 5.36. The summed E-state index contributed by atoms with van der Waals surface area (Å²) in [6, 6.07) is 0. The van der Waals surface area contributed by atoms with Crippen LogP contribution in [-0.2, 0) is 10.0 Å². The highest BCUT2D eigenvalue weighted by atomic mass is 32.2. The van der Waals surface area contributed by atoms with Gasteiger partial charge in [-0.25, -0.2) is 17.5 Å². The van der Waals surface area contributed by atoms with Crippen LogP contribution >= 0.6 is 0 Å². The molecule has 0 heterocycles. The lowest BCUT2D eigenvalue weighted by molar-refractivity contribution is -0.906. The lowest BCUT2D eigenvalue weighted by Crippen LogP contribution is -2.77. The molecule has 0 amide bonds. The van der Waals surface area contributed by atoms with E-state index in [1.807, 2.05) is 0 Å². The summed E-state index contributed by atoms with van der Waals surface area (Å²) in [6.45, 7) is 2.55. The van der Waals surface area contributed by atoms with Crippen LogP contribution in [0.2, 0.25) is 0 Å². The molecule has 230 valence electrons. The highest BCUT2D eigenvalue weighted by molar-refractivity contribution is 7.90. The van der Waals surface area contributed by atoms with Crippen LogP contribution in [-0.4, -0.2) is 93.1 Å². The van der Waals surface area contributed by atoms with Crippen LogP contribution < -0.4 is 4.72 Å². The summed E-state index contributed by atoms with van der Waals surface area (Å²) >= 11 is 0. The molecule has 0 spiro atoms. The number of hydrogen-bond donors (Lipinski definition) is 1. The summed E-state index contributed by atoms with van der Waals surface area (Å²) in [5, 5.41) is -7.56. The molecule has 0 aliphatic carbocycles. The molecule has 0 saturated carbocycles. The van der Waals surface area contributed by atoms with Gasteiger partial charge in [-0.15, -0.1) is 0 Å². The molecule has 0 fully saturated rings. The third-order valence-electron chi connectivity index (χ3n) is 5.79. The normalized spacial score (nSPS) is 16.2. The fraction of sp³-hybridized carbons (Fsp3) is 1.00. The monoisotopic (exact) mass is 627 g/mol. The van der Waals surface area contributed by atoms with Crippen molar-refractivity contribution >= 4 is 10.0 Å². The molecule has 0 saturated heterocycles. The summed E-state index contributed by atoms with van der Waals surface area (Å²) in [4.78, 5) is 0. The number of rotatable bonds is 13. The molecule has 0 aromatic carbocycles. The summed E-state index contributed by atoms with van der Waals surface area (Å²) in [7, 11) is -5.73. The Bertz CT molecular complexity index is 909. The molecule has 22 heteroatoms. The molecule has 0 unspecified atom stereocenters. The molecule has 0 aliphatic rings. The van der Waals surface area contributed by atoms with Crippen molar-refractivity contribution in [3.05, 3.63) is 0 Å². The molecule has 0 bridgehead atoms. The minimum absolute atomic E-state index is 0.0780. The number of sulfonamides is 1. The molecule has 0 atom stereocenters. The van der Waals surface area contributed by atoms with Crippen molar-refractivity contribution in [2.45, 2.75) is 67.2 Å². The maximum atomic E-state index is 14.0. The van der Waals surface area contributed by atoms with E-state index in [9.17, 15) is 83.1 Å². The second-order valence-electron chi connectivity index (χ2n) is 8.20. The van der Waals surface area contributed by atoms with Gasteiger partial charge in [0.1, 0.15) is 0 Å². The highest BCUT2D eigenvalue weighted by Gasteiger charge is 2.97. The second-order valence-corrected chi connectivity index (χ2v) is 10.0. The highest BCUT2D eigenvalue weighted by Crippen LogP contribution is 2.65. The zero-order chi connectivity index (χ0) is 31.2. The Hall–Kier alpha value is -1.32. The zero-order valence-electron chi connectivity index (χ0n) is 19.1. The Morgan fingerprint density at radius 1 is 0.605 bits per heavy atom. The minimum Gasteiger partial charge on any atom is -0.326 e. The van der Waals surface area contributed by atoms with E-state index in [1.54, 1.807) is 13.8 Å². The van der Waals surface area contributed by atoms with E-state index >= 15 is 0 Å². The van der Waals surface area contributed by atoms with Crippen LogP contribution in [0.15, 0.2) is 0 Å². The molecular formula is C16H20F17N2O2S+. The Kier molecular flexibility index (Phi) is 9.90. The van der Waals surface area contributed by atoms with Crippen molar-refractivity contribution in [1.82, 2.24) is 4.72 Å². The van der Waals surface area contributed by atoms with Gasteiger partial charge in [-0.1, -0.05) is 0 Å². The molecule has 0 radical (unpaired) electrons. The average Bonchev–Trinajstić information content (AvgIpc) is 2.73. The lowest BCUT2D eigenvalue weighted by Gasteiger charge is -2.44. The number of alkyl halides is 17. The van der Waals surface area contributed by atoms with Crippen LogP contribution in [0.3, 0.4) is 0 Å². The summed E-state index contributed by atoms with van der Waals surface area (Å²) in [6.07, 6.45) is -17.0. The molecule has 0 aromatic rings. The molecule has 0 aromatic heterocycles. The maximum absolute atomic E-state index is 14.0. The molecule has 1 N–H and O–H groups in total. The van der Waals surface area contributed by atoms with Gasteiger partial charge in [-0.3, -0.25) is 0 Å². The average molecular weight is 627 g/mol. The number of nitrogens with one attached hydrogen (secondary N) is 1. The molecular weight excluding hydrogens is 607 g/mol. The predicted octanol–water partition coefficient (Wildman–Crippen LogP) is 5.75. The summed E-state index contributed by atoms with van der Waals surface area (Å²) in [5.41, 5.74) is -8.69. The van der Waals surface area contributed by atoms with Crippen LogP contribution in [0.25, 0.3) is 0 Å². The first-order valence-electron chi connectivity index (χ1n) is 9.87. The van der Waals surface area contributed by atoms with E-state index in [0.717, 1.165) is 0 Å². The Balaban J connectivity index is 6.58. The fourth-order valence-electron chi connectivity index (χ4n) is 2.78. The van der Waals surface area contributed by atoms with Crippen LogP contribution in [0.5, 0.6) is 0 Å². The van der Waals surface area contributed by atoms with E-state index in [0.29, 0.717) is 17.8 Å². The van der Waals surface area contributed by atoms with Gasteiger partial charge in [-0.05, 0) is 13.8 Å². The zero-order valence-corrected chi connectivity index (χ0v) is 19.9. The molecule has 0 aliphatic heterocycles. The number of quaternary nitrogens is 1. The Labute approximate surface area is 203 Å². The first-order valence-corrected chi connectivity index (χ1v) is 11.4. The molecule has 0 rings (SSSR count). The van der Waals surface area contributed by atoms with Gasteiger partial charge in [0.25, 0.3) is 10.0 Å². The maximum Gasteiger partial charge on any atom is 0.438 e. The second kappa shape index (κ2) is 10.3. The van der Waals surface area contributed by atoms with Crippen LogP contribution in [0.4, 0.5) is 74.6 Å². The largest absolute Gasteiger partial charge is 0.438 e. The van der Waals surface area contributed by atoms with E-state index < -0.39 is 70.0 Å². The van der Waals surface area contributed by atoms with Gasteiger partial charge < -0.3 is 4.48 Å². The van der Waals surface area contributed by atoms with Gasteiger partial charge in [-0.2, -0.15) is 70.2 Å². The van der Waals surface area contributed by atoms with E-state index in [4.69, 9.17) is 0 Å². The third-order valence-corrected chi connectivity index (χ3v) is 7.31.